The van der Waals surface area contributed by atoms with E-state index in [0.29, 0.717) is 24.1 Å². The number of halogens is 1. The third kappa shape index (κ3) is 4.49. The zero-order valence-corrected chi connectivity index (χ0v) is 15.8. The van der Waals surface area contributed by atoms with E-state index in [1.165, 1.54) is 12.1 Å². The minimum atomic E-state index is -0.772. The molecule has 1 N–H and O–H groups in total. The lowest BCUT2D eigenvalue weighted by Gasteiger charge is -2.23. The molecule has 6 nitrogen and oxygen atoms in total. The summed E-state index contributed by atoms with van der Waals surface area (Å²) in [4.78, 5) is 39.8. The molecular weight excluding hydrogens is 375 g/mol. The maximum atomic E-state index is 14.0. The molecule has 0 heterocycles. The van der Waals surface area contributed by atoms with Crippen molar-refractivity contribution in [1.82, 2.24) is 0 Å². The van der Waals surface area contributed by atoms with E-state index in [1.54, 1.807) is 25.1 Å². The number of rotatable bonds is 5. The van der Waals surface area contributed by atoms with Crippen LogP contribution in [0.15, 0.2) is 36.4 Å². The van der Waals surface area contributed by atoms with Crippen LogP contribution in [0.5, 0.6) is 0 Å². The van der Waals surface area contributed by atoms with Crippen molar-refractivity contribution in [3.63, 3.8) is 0 Å². The summed E-state index contributed by atoms with van der Waals surface area (Å²) in [5.41, 5.74) is 1.69. The SMILES string of the molecule is [C-]#[N+]c1ccc(C(=O)Nc2ccc3c(c2)CCC(CC(=O)OCC)C3=O)c(F)c1. The second kappa shape index (κ2) is 8.65. The zero-order valence-electron chi connectivity index (χ0n) is 15.8. The number of fused-ring (bicyclic) bond motifs is 1. The van der Waals surface area contributed by atoms with E-state index < -0.39 is 17.6 Å². The van der Waals surface area contributed by atoms with Gasteiger partial charge in [0, 0.05) is 17.2 Å². The number of amides is 1. The van der Waals surface area contributed by atoms with E-state index in [1.807, 2.05) is 0 Å². The van der Waals surface area contributed by atoms with Gasteiger partial charge in [0.05, 0.1) is 25.2 Å². The number of carbonyl (C=O) groups is 3. The van der Waals surface area contributed by atoms with Gasteiger partial charge in [-0.05, 0) is 49.6 Å². The Kier molecular flexibility index (Phi) is 6.03. The molecule has 29 heavy (non-hydrogen) atoms. The van der Waals surface area contributed by atoms with Crippen LogP contribution in [0.4, 0.5) is 15.8 Å². The van der Waals surface area contributed by atoms with Crippen LogP contribution in [-0.2, 0) is 16.0 Å². The molecule has 1 atom stereocenters. The van der Waals surface area contributed by atoms with Gasteiger partial charge in [-0.15, -0.1) is 0 Å². The van der Waals surface area contributed by atoms with Crippen molar-refractivity contribution >= 4 is 29.0 Å². The van der Waals surface area contributed by atoms with Gasteiger partial charge in [-0.1, -0.05) is 12.1 Å². The number of hydrogen-bond acceptors (Lipinski definition) is 4. The van der Waals surface area contributed by atoms with E-state index in [4.69, 9.17) is 11.3 Å². The number of ketones is 1. The lowest BCUT2D eigenvalue weighted by molar-refractivity contribution is -0.144. The number of nitrogens with one attached hydrogen (secondary N) is 1. The van der Waals surface area contributed by atoms with Gasteiger partial charge in [0.15, 0.2) is 11.5 Å². The number of nitrogens with zero attached hydrogens (tertiary/aromatic N) is 1. The molecule has 7 heteroatoms. The third-order valence-corrected chi connectivity index (χ3v) is 4.81. The molecule has 2 aromatic carbocycles. The molecule has 0 saturated carbocycles. The molecule has 0 fully saturated rings. The Balaban J connectivity index is 1.73. The number of benzene rings is 2. The van der Waals surface area contributed by atoms with Gasteiger partial charge in [-0.3, -0.25) is 14.4 Å². The first-order valence-corrected chi connectivity index (χ1v) is 9.24. The number of esters is 1. The molecule has 1 aliphatic rings. The molecule has 2 aromatic rings. The van der Waals surface area contributed by atoms with Crippen molar-refractivity contribution in [1.29, 1.82) is 0 Å². The van der Waals surface area contributed by atoms with Crippen LogP contribution in [-0.4, -0.2) is 24.3 Å². The van der Waals surface area contributed by atoms with Gasteiger partial charge in [0.1, 0.15) is 5.82 Å². The molecule has 1 amide bonds. The first-order chi connectivity index (χ1) is 13.9. The van der Waals surface area contributed by atoms with Crippen molar-refractivity contribution in [2.24, 2.45) is 5.92 Å². The minimum absolute atomic E-state index is 0.0600. The molecule has 1 aliphatic carbocycles. The number of ether oxygens (including phenoxy) is 1. The van der Waals surface area contributed by atoms with Crippen molar-refractivity contribution in [2.45, 2.75) is 26.2 Å². The quantitative estimate of drug-likeness (QED) is 0.605. The minimum Gasteiger partial charge on any atom is -0.466 e. The Morgan fingerprint density at radius 1 is 1.28 bits per heavy atom. The average Bonchev–Trinajstić information content (AvgIpc) is 2.70. The second-order valence-corrected chi connectivity index (χ2v) is 6.71. The van der Waals surface area contributed by atoms with Gasteiger partial charge in [0.2, 0.25) is 0 Å². The fraction of sp³-hybridized carbons (Fsp3) is 0.273. The number of Topliss-reactive ketones (excluding diaryl/α,β-unsaturated/α-hetero) is 1. The van der Waals surface area contributed by atoms with Gasteiger partial charge in [-0.2, -0.15) is 0 Å². The molecule has 0 bridgehead atoms. The van der Waals surface area contributed by atoms with Crippen LogP contribution >= 0.6 is 0 Å². The summed E-state index contributed by atoms with van der Waals surface area (Å²) in [5, 5.41) is 2.62. The number of anilines is 1. The molecule has 0 aromatic heterocycles. The van der Waals surface area contributed by atoms with Crippen molar-refractivity contribution in [2.75, 3.05) is 11.9 Å². The van der Waals surface area contributed by atoms with Gasteiger partial charge < -0.3 is 10.1 Å². The predicted molar refractivity (Wildman–Crippen MR) is 104 cm³/mol. The average molecular weight is 394 g/mol. The van der Waals surface area contributed by atoms with Gasteiger partial charge in [-0.25, -0.2) is 9.24 Å². The predicted octanol–water partition coefficient (Wildman–Crippen LogP) is 4.33. The van der Waals surface area contributed by atoms with Crippen LogP contribution < -0.4 is 5.32 Å². The summed E-state index contributed by atoms with van der Waals surface area (Å²) >= 11 is 0. The summed E-state index contributed by atoms with van der Waals surface area (Å²) in [6.07, 6.45) is 1.17. The standard InChI is InChI=1S/C22H19FN2O4/c1-3-29-20(26)11-14-5-4-13-10-16(7-8-17(13)21(14)27)25-22(28)18-9-6-15(24-2)12-19(18)23/h6-10,12,14H,3-5,11H2,1H3,(H,25,28). The molecule has 0 saturated heterocycles. The molecule has 1 unspecified atom stereocenters. The molecule has 148 valence electrons. The van der Waals surface area contributed by atoms with Gasteiger partial charge in [0.25, 0.3) is 5.91 Å². The van der Waals surface area contributed by atoms with Gasteiger partial charge >= 0.3 is 5.97 Å². The summed E-state index contributed by atoms with van der Waals surface area (Å²) in [5.74, 6) is -2.31. The number of hydrogen-bond donors (Lipinski definition) is 1. The Bertz CT molecular complexity index is 1030. The molecule has 0 aliphatic heterocycles. The van der Waals surface area contributed by atoms with E-state index in [-0.39, 0.29) is 36.0 Å². The summed E-state index contributed by atoms with van der Waals surface area (Å²) < 4.78 is 19.0. The van der Waals surface area contributed by atoms with Crippen LogP contribution in [0.25, 0.3) is 4.85 Å². The lowest BCUT2D eigenvalue weighted by atomic mass is 9.81. The lowest BCUT2D eigenvalue weighted by Crippen LogP contribution is -2.26. The Morgan fingerprint density at radius 2 is 2.07 bits per heavy atom. The first kappa shape index (κ1) is 20.2. The first-order valence-electron chi connectivity index (χ1n) is 9.24. The topological polar surface area (TPSA) is 76.8 Å². The molecule has 0 radical (unpaired) electrons. The molecule has 0 spiro atoms. The van der Waals surface area contributed by atoms with E-state index >= 15 is 0 Å². The summed E-state index contributed by atoms with van der Waals surface area (Å²) in [6, 6.07) is 8.53. The maximum absolute atomic E-state index is 14.0. The van der Waals surface area contributed by atoms with Crippen molar-refractivity contribution in [3.05, 3.63) is 70.3 Å². The molecular formula is C22H19FN2O4. The third-order valence-electron chi connectivity index (χ3n) is 4.81. The largest absolute Gasteiger partial charge is 0.466 e. The Labute approximate surface area is 167 Å². The zero-order chi connectivity index (χ0) is 21.0. The van der Waals surface area contributed by atoms with E-state index in [9.17, 15) is 18.8 Å². The van der Waals surface area contributed by atoms with E-state index in [2.05, 4.69) is 10.2 Å². The maximum Gasteiger partial charge on any atom is 0.306 e. The normalized spacial score (nSPS) is 15.2. The fourth-order valence-corrected chi connectivity index (χ4v) is 3.37. The summed E-state index contributed by atoms with van der Waals surface area (Å²) in [6.45, 7) is 8.88. The fourth-order valence-electron chi connectivity index (χ4n) is 3.37. The van der Waals surface area contributed by atoms with Crippen molar-refractivity contribution < 1.29 is 23.5 Å². The van der Waals surface area contributed by atoms with Crippen LogP contribution in [0.3, 0.4) is 0 Å². The van der Waals surface area contributed by atoms with Crippen LogP contribution in [0.2, 0.25) is 0 Å². The second-order valence-electron chi connectivity index (χ2n) is 6.71. The Morgan fingerprint density at radius 3 is 2.76 bits per heavy atom. The molecule has 3 rings (SSSR count). The highest BCUT2D eigenvalue weighted by Crippen LogP contribution is 2.30. The Hall–Kier alpha value is -3.53. The monoisotopic (exact) mass is 394 g/mol. The highest BCUT2D eigenvalue weighted by Gasteiger charge is 2.29. The smallest absolute Gasteiger partial charge is 0.306 e. The highest BCUT2D eigenvalue weighted by atomic mass is 19.1. The van der Waals surface area contributed by atoms with Crippen LogP contribution in [0, 0.1) is 18.3 Å². The summed E-state index contributed by atoms with van der Waals surface area (Å²) in [7, 11) is 0. The van der Waals surface area contributed by atoms with Crippen molar-refractivity contribution in [3.8, 4) is 0 Å². The van der Waals surface area contributed by atoms with Crippen LogP contribution in [0.1, 0.15) is 46.0 Å². The highest BCUT2D eigenvalue weighted by molar-refractivity contribution is 6.06. The number of aryl methyl sites for hydroxylation is 1. The van der Waals surface area contributed by atoms with E-state index in [0.717, 1.165) is 11.6 Å². The number of carbonyl (C=O) groups excluding carboxylic acids is 3.